The zero-order valence-corrected chi connectivity index (χ0v) is 12.6. The minimum Gasteiger partial charge on any atom is -0.489 e. The van der Waals surface area contributed by atoms with Crippen molar-refractivity contribution in [3.05, 3.63) is 24.0 Å². The molecule has 3 nitrogen and oxygen atoms in total. The average Bonchev–Trinajstić information content (AvgIpc) is 2.49. The number of rotatable bonds is 3. The van der Waals surface area contributed by atoms with Crippen molar-refractivity contribution in [1.29, 1.82) is 0 Å². The molecular formula is C16H22ClNO2. The molecule has 3 rings (SSSR count). The Bertz CT molecular complexity index is 423. The summed E-state index contributed by atoms with van der Waals surface area (Å²) < 4.78 is 12.2. The second-order valence-electron chi connectivity index (χ2n) is 5.94. The lowest BCUT2D eigenvalue weighted by molar-refractivity contribution is -0.129. The number of aromatic nitrogens is 1. The van der Waals surface area contributed by atoms with E-state index in [0.717, 1.165) is 30.9 Å². The summed E-state index contributed by atoms with van der Waals surface area (Å²) in [4.78, 5) is 4.28. The highest BCUT2D eigenvalue weighted by atomic mass is 35.5. The van der Waals surface area contributed by atoms with Gasteiger partial charge in [0.05, 0.1) is 30.0 Å². The molecule has 1 aromatic rings. The Balaban J connectivity index is 1.61. The van der Waals surface area contributed by atoms with Gasteiger partial charge in [0.1, 0.15) is 11.9 Å². The molecule has 0 N–H and O–H groups in total. The van der Waals surface area contributed by atoms with Crippen LogP contribution in [0.25, 0.3) is 0 Å². The van der Waals surface area contributed by atoms with E-state index in [9.17, 15) is 0 Å². The molecule has 0 radical (unpaired) electrons. The maximum Gasteiger partial charge on any atom is 0.138 e. The van der Waals surface area contributed by atoms with Crippen LogP contribution < -0.4 is 4.74 Å². The molecule has 0 bridgehead atoms. The van der Waals surface area contributed by atoms with Crippen LogP contribution in [0.5, 0.6) is 5.75 Å². The van der Waals surface area contributed by atoms with Crippen LogP contribution in [0.15, 0.2) is 18.3 Å². The number of hydrogen-bond donors (Lipinski definition) is 0. The fraction of sp³-hybridized carbons (Fsp3) is 0.688. The van der Waals surface area contributed by atoms with Crippen molar-refractivity contribution in [2.75, 3.05) is 6.61 Å². The number of alkyl halides is 1. The molecule has 110 valence electrons. The van der Waals surface area contributed by atoms with Gasteiger partial charge in [-0.15, -0.1) is 11.6 Å². The first kappa shape index (κ1) is 14.2. The van der Waals surface area contributed by atoms with Gasteiger partial charge in [0.25, 0.3) is 0 Å². The molecule has 2 heterocycles. The van der Waals surface area contributed by atoms with E-state index in [1.807, 2.05) is 12.1 Å². The predicted octanol–water partition coefficient (Wildman–Crippen LogP) is 4.08. The molecule has 0 aromatic carbocycles. The third kappa shape index (κ3) is 3.26. The Hall–Kier alpha value is -0.800. The van der Waals surface area contributed by atoms with Crippen molar-refractivity contribution in [3.63, 3.8) is 0 Å². The third-order valence-corrected chi connectivity index (χ3v) is 4.72. The van der Waals surface area contributed by atoms with Gasteiger partial charge in [0.15, 0.2) is 0 Å². The van der Waals surface area contributed by atoms with Gasteiger partial charge < -0.3 is 9.47 Å². The summed E-state index contributed by atoms with van der Waals surface area (Å²) in [6, 6.07) is 3.89. The van der Waals surface area contributed by atoms with Gasteiger partial charge in [-0.1, -0.05) is 19.3 Å². The van der Waals surface area contributed by atoms with E-state index >= 15 is 0 Å². The van der Waals surface area contributed by atoms with Crippen molar-refractivity contribution in [3.8, 4) is 5.75 Å². The van der Waals surface area contributed by atoms with E-state index in [0.29, 0.717) is 5.88 Å². The van der Waals surface area contributed by atoms with Gasteiger partial charge in [0, 0.05) is 12.8 Å². The fourth-order valence-electron chi connectivity index (χ4n) is 3.38. The number of pyridine rings is 1. The molecular weight excluding hydrogens is 274 g/mol. The maximum absolute atomic E-state index is 6.10. The lowest BCUT2D eigenvalue weighted by atomic mass is 9.79. The van der Waals surface area contributed by atoms with Crippen molar-refractivity contribution in [1.82, 2.24) is 4.98 Å². The molecule has 2 aliphatic rings. The molecule has 20 heavy (non-hydrogen) atoms. The van der Waals surface area contributed by atoms with Gasteiger partial charge in [-0.3, -0.25) is 4.98 Å². The van der Waals surface area contributed by atoms with Crippen LogP contribution in [0, 0.1) is 0 Å². The van der Waals surface area contributed by atoms with Crippen LogP contribution in [-0.4, -0.2) is 23.3 Å². The Morgan fingerprint density at radius 1 is 1.30 bits per heavy atom. The maximum atomic E-state index is 6.10. The van der Waals surface area contributed by atoms with Gasteiger partial charge in [-0.2, -0.15) is 0 Å². The van der Waals surface area contributed by atoms with E-state index in [-0.39, 0.29) is 11.7 Å². The number of halogens is 1. The predicted molar refractivity (Wildman–Crippen MR) is 79.2 cm³/mol. The number of ether oxygens (including phenoxy) is 2. The largest absolute Gasteiger partial charge is 0.489 e. The van der Waals surface area contributed by atoms with Crippen molar-refractivity contribution < 1.29 is 9.47 Å². The minimum absolute atomic E-state index is 0.0880. The first-order chi connectivity index (χ1) is 9.80. The summed E-state index contributed by atoms with van der Waals surface area (Å²) in [6.45, 7) is 0.817. The second kappa shape index (κ2) is 6.31. The van der Waals surface area contributed by atoms with Gasteiger partial charge in [0.2, 0.25) is 0 Å². The van der Waals surface area contributed by atoms with Crippen molar-refractivity contribution >= 4 is 11.6 Å². The van der Waals surface area contributed by atoms with Gasteiger partial charge in [-0.25, -0.2) is 0 Å². The average molecular weight is 296 g/mol. The molecule has 1 aliphatic heterocycles. The molecule has 1 aliphatic carbocycles. The lowest BCUT2D eigenvalue weighted by Crippen LogP contribution is -2.45. The lowest BCUT2D eigenvalue weighted by Gasteiger charge is -2.43. The van der Waals surface area contributed by atoms with E-state index in [2.05, 4.69) is 4.98 Å². The SMILES string of the molecule is ClCc1ccc(OC2CCOC3(CCCCC3)C2)cn1. The molecule has 1 saturated heterocycles. The van der Waals surface area contributed by atoms with E-state index in [1.54, 1.807) is 6.20 Å². The van der Waals surface area contributed by atoms with Crippen LogP contribution in [0.4, 0.5) is 0 Å². The summed E-state index contributed by atoms with van der Waals surface area (Å²) in [5, 5.41) is 0. The van der Waals surface area contributed by atoms with Gasteiger partial charge >= 0.3 is 0 Å². The summed E-state index contributed by atoms with van der Waals surface area (Å²) in [6.07, 6.45) is 10.3. The smallest absolute Gasteiger partial charge is 0.138 e. The monoisotopic (exact) mass is 295 g/mol. The third-order valence-electron chi connectivity index (χ3n) is 4.45. The first-order valence-corrected chi connectivity index (χ1v) is 8.15. The van der Waals surface area contributed by atoms with E-state index in [1.165, 1.54) is 32.1 Å². The second-order valence-corrected chi connectivity index (χ2v) is 6.21. The zero-order valence-electron chi connectivity index (χ0n) is 11.8. The summed E-state index contributed by atoms with van der Waals surface area (Å²) in [5.74, 6) is 1.29. The minimum atomic E-state index is 0.0880. The molecule has 4 heteroatoms. The Labute approximate surface area is 125 Å². The Morgan fingerprint density at radius 2 is 2.15 bits per heavy atom. The molecule has 1 spiro atoms. The summed E-state index contributed by atoms with van der Waals surface area (Å²) in [5.41, 5.74) is 0.972. The standard InChI is InChI=1S/C16H22ClNO2/c17-11-13-4-5-15(12-18-13)20-14-6-9-19-16(10-14)7-2-1-3-8-16/h4-5,12,14H,1-3,6-11H2. The van der Waals surface area contributed by atoms with Crippen LogP contribution >= 0.6 is 11.6 Å². The Kier molecular flexibility index (Phi) is 4.47. The normalized spacial score (nSPS) is 25.6. The fourth-order valence-corrected chi connectivity index (χ4v) is 3.54. The molecule has 1 unspecified atom stereocenters. The molecule has 1 aromatic heterocycles. The highest BCUT2D eigenvalue weighted by Gasteiger charge is 2.39. The van der Waals surface area contributed by atoms with E-state index < -0.39 is 0 Å². The highest BCUT2D eigenvalue weighted by molar-refractivity contribution is 6.16. The zero-order chi connectivity index (χ0) is 13.8. The molecule has 1 atom stereocenters. The number of hydrogen-bond acceptors (Lipinski definition) is 3. The Morgan fingerprint density at radius 3 is 2.85 bits per heavy atom. The van der Waals surface area contributed by atoms with Gasteiger partial charge in [-0.05, 0) is 25.0 Å². The molecule has 0 amide bonds. The van der Waals surface area contributed by atoms with Crippen LogP contribution in [0.1, 0.15) is 50.6 Å². The van der Waals surface area contributed by atoms with E-state index in [4.69, 9.17) is 21.1 Å². The van der Waals surface area contributed by atoms with Crippen LogP contribution in [0.3, 0.4) is 0 Å². The quantitative estimate of drug-likeness (QED) is 0.787. The molecule has 2 fully saturated rings. The summed E-state index contributed by atoms with van der Waals surface area (Å²) in [7, 11) is 0. The van der Waals surface area contributed by atoms with Crippen LogP contribution in [0.2, 0.25) is 0 Å². The first-order valence-electron chi connectivity index (χ1n) is 7.61. The topological polar surface area (TPSA) is 31.4 Å². The van der Waals surface area contributed by atoms with Crippen molar-refractivity contribution in [2.24, 2.45) is 0 Å². The highest BCUT2D eigenvalue weighted by Crippen LogP contribution is 2.39. The van der Waals surface area contributed by atoms with Crippen LogP contribution in [-0.2, 0) is 10.6 Å². The molecule has 1 saturated carbocycles. The summed E-state index contributed by atoms with van der Waals surface area (Å²) >= 11 is 5.75. The van der Waals surface area contributed by atoms with Crippen molar-refractivity contribution in [2.45, 2.75) is 62.5 Å². The number of nitrogens with zero attached hydrogens (tertiary/aromatic N) is 1.